The molecule has 1 aromatic heterocycles. The van der Waals surface area contributed by atoms with Crippen LogP contribution in [0.1, 0.15) is 36.0 Å². The Kier molecular flexibility index (Phi) is 3.77. The van der Waals surface area contributed by atoms with Crippen molar-refractivity contribution in [3.63, 3.8) is 0 Å². The number of carbonyl (C=O) groups is 1. The molecule has 0 spiro atoms. The highest BCUT2D eigenvalue weighted by Gasteiger charge is 2.32. The van der Waals surface area contributed by atoms with Crippen LogP contribution in [0.15, 0.2) is 18.2 Å². The number of morpholine rings is 1. The molecule has 6 nitrogen and oxygen atoms in total. The molecule has 1 saturated carbocycles. The van der Waals surface area contributed by atoms with E-state index in [9.17, 15) is 4.79 Å². The highest BCUT2D eigenvalue weighted by Crippen LogP contribution is 2.32. The normalized spacial score (nSPS) is 22.3. The molecule has 6 heteroatoms. The standard InChI is InChI=1S/C17H22N4O2/c1-20-16-6-5-13(10-15(16)18-19-20)17(22)21-7-8-23-11-14(21)9-12-3-2-4-12/h5-6,10,12,14H,2-4,7-9,11H2,1H3. The lowest BCUT2D eigenvalue weighted by Gasteiger charge is -2.39. The van der Waals surface area contributed by atoms with E-state index in [1.54, 1.807) is 4.68 Å². The molecule has 1 saturated heterocycles. The van der Waals surface area contributed by atoms with E-state index in [2.05, 4.69) is 10.3 Å². The SMILES string of the molecule is Cn1nnc2cc(C(=O)N3CCOCC3CC3CCC3)ccc21. The number of benzene rings is 1. The van der Waals surface area contributed by atoms with Crippen LogP contribution >= 0.6 is 0 Å². The quantitative estimate of drug-likeness (QED) is 0.869. The van der Waals surface area contributed by atoms with Gasteiger partial charge in [0.25, 0.3) is 5.91 Å². The second kappa shape index (κ2) is 5.92. The van der Waals surface area contributed by atoms with Crippen LogP contribution < -0.4 is 0 Å². The van der Waals surface area contributed by atoms with Gasteiger partial charge in [-0.05, 0) is 30.5 Å². The Morgan fingerprint density at radius 3 is 3.04 bits per heavy atom. The molecule has 4 rings (SSSR count). The number of ether oxygens (including phenoxy) is 1. The molecule has 1 atom stereocenters. The van der Waals surface area contributed by atoms with Crippen LogP contribution in [0.4, 0.5) is 0 Å². The van der Waals surface area contributed by atoms with E-state index in [-0.39, 0.29) is 11.9 Å². The number of nitrogens with zero attached hydrogens (tertiary/aromatic N) is 4. The first-order valence-electron chi connectivity index (χ1n) is 8.40. The average molecular weight is 314 g/mol. The summed E-state index contributed by atoms with van der Waals surface area (Å²) in [6, 6.07) is 5.85. The van der Waals surface area contributed by atoms with E-state index in [0.29, 0.717) is 25.3 Å². The number of rotatable bonds is 3. The van der Waals surface area contributed by atoms with Gasteiger partial charge in [-0.1, -0.05) is 24.5 Å². The van der Waals surface area contributed by atoms with Gasteiger partial charge in [-0.3, -0.25) is 4.79 Å². The van der Waals surface area contributed by atoms with Gasteiger partial charge in [-0.25, -0.2) is 4.68 Å². The third kappa shape index (κ3) is 2.72. The van der Waals surface area contributed by atoms with Crippen molar-refractivity contribution in [2.45, 2.75) is 31.7 Å². The van der Waals surface area contributed by atoms with Crippen molar-refractivity contribution < 1.29 is 9.53 Å². The third-order valence-electron chi connectivity index (χ3n) is 5.18. The predicted octanol–water partition coefficient (Wildman–Crippen LogP) is 2.00. The van der Waals surface area contributed by atoms with Crippen LogP contribution in [0.3, 0.4) is 0 Å². The second-order valence-corrected chi connectivity index (χ2v) is 6.68. The Morgan fingerprint density at radius 2 is 2.26 bits per heavy atom. The lowest BCUT2D eigenvalue weighted by molar-refractivity contribution is -0.0124. The molecule has 1 amide bonds. The summed E-state index contributed by atoms with van der Waals surface area (Å²) in [5.74, 6) is 0.852. The summed E-state index contributed by atoms with van der Waals surface area (Å²) in [4.78, 5) is 15.0. The Morgan fingerprint density at radius 1 is 1.39 bits per heavy atom. The van der Waals surface area contributed by atoms with E-state index in [1.165, 1.54) is 19.3 Å². The average Bonchev–Trinajstić information content (AvgIpc) is 2.91. The highest BCUT2D eigenvalue weighted by atomic mass is 16.5. The van der Waals surface area contributed by atoms with Gasteiger partial charge in [-0.15, -0.1) is 5.10 Å². The summed E-state index contributed by atoms with van der Waals surface area (Å²) in [6.07, 6.45) is 4.99. The summed E-state index contributed by atoms with van der Waals surface area (Å²) in [5, 5.41) is 8.12. The summed E-state index contributed by atoms with van der Waals surface area (Å²) in [5.41, 5.74) is 2.40. The number of hydrogen-bond acceptors (Lipinski definition) is 4. The summed E-state index contributed by atoms with van der Waals surface area (Å²) in [6.45, 7) is 1.96. The molecule has 1 aliphatic heterocycles. The first-order chi connectivity index (χ1) is 11.2. The highest BCUT2D eigenvalue weighted by molar-refractivity contribution is 5.97. The molecule has 122 valence electrons. The molecule has 2 aromatic rings. The Labute approximate surface area is 135 Å². The number of amides is 1. The zero-order valence-electron chi connectivity index (χ0n) is 13.4. The van der Waals surface area contributed by atoms with Crippen molar-refractivity contribution in [1.29, 1.82) is 0 Å². The number of aromatic nitrogens is 3. The van der Waals surface area contributed by atoms with Crippen LogP contribution in [0.25, 0.3) is 11.0 Å². The lowest BCUT2D eigenvalue weighted by Crippen LogP contribution is -2.49. The van der Waals surface area contributed by atoms with Crippen LogP contribution in [0.2, 0.25) is 0 Å². The molecule has 1 aromatic carbocycles. The van der Waals surface area contributed by atoms with Crippen LogP contribution in [-0.2, 0) is 11.8 Å². The number of hydrogen-bond donors (Lipinski definition) is 0. The molecule has 1 unspecified atom stereocenters. The van der Waals surface area contributed by atoms with E-state index < -0.39 is 0 Å². The van der Waals surface area contributed by atoms with Gasteiger partial charge in [0.15, 0.2) is 0 Å². The molecular weight excluding hydrogens is 292 g/mol. The van der Waals surface area contributed by atoms with Crippen LogP contribution in [-0.4, -0.2) is 51.6 Å². The number of carbonyl (C=O) groups excluding carboxylic acids is 1. The van der Waals surface area contributed by atoms with Crippen molar-refractivity contribution in [3.05, 3.63) is 23.8 Å². The fourth-order valence-corrected chi connectivity index (χ4v) is 3.57. The smallest absolute Gasteiger partial charge is 0.254 e. The molecule has 0 N–H and O–H groups in total. The van der Waals surface area contributed by atoms with Gasteiger partial charge in [0, 0.05) is 19.2 Å². The molecule has 23 heavy (non-hydrogen) atoms. The van der Waals surface area contributed by atoms with Gasteiger partial charge in [0.1, 0.15) is 5.52 Å². The van der Waals surface area contributed by atoms with E-state index in [4.69, 9.17) is 4.74 Å². The van der Waals surface area contributed by atoms with Crippen LogP contribution in [0, 0.1) is 5.92 Å². The predicted molar refractivity (Wildman–Crippen MR) is 86.1 cm³/mol. The van der Waals surface area contributed by atoms with Gasteiger partial charge < -0.3 is 9.64 Å². The van der Waals surface area contributed by atoms with Gasteiger partial charge in [0.2, 0.25) is 0 Å². The van der Waals surface area contributed by atoms with Gasteiger partial charge >= 0.3 is 0 Å². The maximum absolute atomic E-state index is 13.0. The topological polar surface area (TPSA) is 60.2 Å². The summed E-state index contributed by atoms with van der Waals surface area (Å²) in [7, 11) is 1.85. The third-order valence-corrected chi connectivity index (χ3v) is 5.18. The second-order valence-electron chi connectivity index (χ2n) is 6.68. The monoisotopic (exact) mass is 314 g/mol. The molecule has 2 fully saturated rings. The van der Waals surface area contributed by atoms with Crippen molar-refractivity contribution in [1.82, 2.24) is 19.9 Å². The van der Waals surface area contributed by atoms with Crippen molar-refractivity contribution in [3.8, 4) is 0 Å². The molecule has 0 radical (unpaired) electrons. The molecule has 0 bridgehead atoms. The molecule has 2 aliphatic rings. The Balaban J connectivity index is 1.56. The largest absolute Gasteiger partial charge is 0.377 e. The molecule has 2 heterocycles. The Hall–Kier alpha value is -1.95. The molecular formula is C17H22N4O2. The van der Waals surface area contributed by atoms with Gasteiger partial charge in [-0.2, -0.15) is 0 Å². The number of aryl methyl sites for hydroxylation is 1. The Bertz CT molecular complexity index is 722. The summed E-state index contributed by atoms with van der Waals surface area (Å²) >= 11 is 0. The lowest BCUT2D eigenvalue weighted by atomic mass is 9.80. The van der Waals surface area contributed by atoms with Gasteiger partial charge in [0.05, 0.1) is 24.8 Å². The van der Waals surface area contributed by atoms with Crippen LogP contribution in [0.5, 0.6) is 0 Å². The van der Waals surface area contributed by atoms with E-state index in [0.717, 1.165) is 23.4 Å². The first-order valence-corrected chi connectivity index (χ1v) is 8.40. The molecule has 1 aliphatic carbocycles. The van der Waals surface area contributed by atoms with Crippen molar-refractivity contribution >= 4 is 16.9 Å². The zero-order valence-corrected chi connectivity index (χ0v) is 13.4. The maximum atomic E-state index is 13.0. The number of fused-ring (bicyclic) bond motifs is 1. The first kappa shape index (κ1) is 14.6. The maximum Gasteiger partial charge on any atom is 0.254 e. The summed E-state index contributed by atoms with van der Waals surface area (Å²) < 4.78 is 7.34. The minimum atomic E-state index is 0.0881. The van der Waals surface area contributed by atoms with Crippen molar-refractivity contribution in [2.75, 3.05) is 19.8 Å². The van der Waals surface area contributed by atoms with Crippen molar-refractivity contribution in [2.24, 2.45) is 13.0 Å². The minimum Gasteiger partial charge on any atom is -0.377 e. The van der Waals surface area contributed by atoms with E-state index >= 15 is 0 Å². The van der Waals surface area contributed by atoms with E-state index in [1.807, 2.05) is 30.1 Å². The zero-order chi connectivity index (χ0) is 15.8. The fraction of sp³-hybridized carbons (Fsp3) is 0.588. The fourth-order valence-electron chi connectivity index (χ4n) is 3.57. The minimum absolute atomic E-state index is 0.0881.